The molecule has 0 spiro atoms. The zero-order chi connectivity index (χ0) is 13.2. The lowest BCUT2D eigenvalue weighted by Gasteiger charge is -2.13. The number of aromatic nitrogens is 3. The molecule has 2 aromatic rings. The lowest BCUT2D eigenvalue weighted by atomic mass is 10.1. The highest BCUT2D eigenvalue weighted by Crippen LogP contribution is 2.29. The van der Waals surface area contributed by atoms with Gasteiger partial charge in [0.15, 0.2) is 0 Å². The van der Waals surface area contributed by atoms with E-state index in [2.05, 4.69) is 38.9 Å². The smallest absolute Gasteiger partial charge is 0.128 e. The van der Waals surface area contributed by atoms with Crippen LogP contribution in [0.15, 0.2) is 24.8 Å². The third-order valence-electron chi connectivity index (χ3n) is 4.16. The van der Waals surface area contributed by atoms with Crippen molar-refractivity contribution in [2.24, 2.45) is 7.05 Å². The maximum Gasteiger partial charge on any atom is 0.128 e. The van der Waals surface area contributed by atoms with Gasteiger partial charge in [-0.1, -0.05) is 6.42 Å². The van der Waals surface area contributed by atoms with Crippen molar-refractivity contribution in [3.8, 4) is 0 Å². The van der Waals surface area contributed by atoms with Gasteiger partial charge in [0.2, 0.25) is 0 Å². The minimum absolute atomic E-state index is 0.514. The highest BCUT2D eigenvalue weighted by Gasteiger charge is 2.19. The van der Waals surface area contributed by atoms with Crippen LogP contribution >= 0.6 is 0 Å². The van der Waals surface area contributed by atoms with E-state index < -0.39 is 0 Å². The molecule has 1 atom stereocenters. The van der Waals surface area contributed by atoms with Gasteiger partial charge in [0.1, 0.15) is 5.82 Å². The maximum atomic E-state index is 4.40. The molecular weight excluding hydrogens is 236 g/mol. The van der Waals surface area contributed by atoms with E-state index in [-0.39, 0.29) is 0 Å². The predicted octanol–water partition coefficient (Wildman–Crippen LogP) is 2.26. The molecule has 1 aliphatic carbocycles. The van der Waals surface area contributed by atoms with Gasteiger partial charge < -0.3 is 14.5 Å². The monoisotopic (exact) mass is 258 g/mol. The molecule has 19 heavy (non-hydrogen) atoms. The quantitative estimate of drug-likeness (QED) is 0.857. The minimum Gasteiger partial charge on any atom is -0.346 e. The third kappa shape index (κ3) is 2.45. The van der Waals surface area contributed by atoms with Crippen molar-refractivity contribution in [1.82, 2.24) is 19.4 Å². The average Bonchev–Trinajstić information content (AvgIpc) is 2.93. The molecule has 2 heterocycles. The molecule has 0 bridgehead atoms. The summed E-state index contributed by atoms with van der Waals surface area (Å²) in [7, 11) is 4.11. The fourth-order valence-corrected chi connectivity index (χ4v) is 3.02. The Morgan fingerprint density at radius 1 is 1.37 bits per heavy atom. The second-order valence-corrected chi connectivity index (χ2v) is 5.45. The van der Waals surface area contributed by atoms with Gasteiger partial charge in [-0.25, -0.2) is 4.98 Å². The molecule has 0 saturated carbocycles. The number of aryl methyl sites for hydroxylation is 2. The zero-order valence-corrected chi connectivity index (χ0v) is 11.8. The van der Waals surface area contributed by atoms with Gasteiger partial charge in [0, 0.05) is 37.9 Å². The van der Waals surface area contributed by atoms with E-state index in [1.807, 2.05) is 19.4 Å². The Morgan fingerprint density at radius 2 is 2.26 bits per heavy atom. The third-order valence-corrected chi connectivity index (χ3v) is 4.16. The molecule has 0 radical (unpaired) electrons. The largest absolute Gasteiger partial charge is 0.346 e. The molecule has 0 saturated heterocycles. The molecule has 1 N–H and O–H groups in total. The predicted molar refractivity (Wildman–Crippen MR) is 76.1 cm³/mol. The van der Waals surface area contributed by atoms with Gasteiger partial charge in [-0.05, 0) is 37.4 Å². The highest BCUT2D eigenvalue weighted by atomic mass is 15.1. The van der Waals surface area contributed by atoms with Gasteiger partial charge in [-0.3, -0.25) is 0 Å². The molecule has 3 rings (SSSR count). The summed E-state index contributed by atoms with van der Waals surface area (Å²) in [6.45, 7) is 0.854. The number of imidazole rings is 1. The standard InChI is InChI=1S/C15H22N4/c1-16-14-6-4-3-5-12-9-19(10-13(12)14)11-15-17-7-8-18(15)2/h7-10,14,16H,3-6,11H2,1-2H3. The summed E-state index contributed by atoms with van der Waals surface area (Å²) >= 11 is 0. The SMILES string of the molecule is CNC1CCCCc2cn(Cc3nccn3C)cc21. The number of nitrogens with zero attached hydrogens (tertiary/aromatic N) is 3. The van der Waals surface area contributed by atoms with Gasteiger partial charge >= 0.3 is 0 Å². The van der Waals surface area contributed by atoms with Gasteiger partial charge in [-0.15, -0.1) is 0 Å². The zero-order valence-electron chi connectivity index (χ0n) is 11.8. The summed E-state index contributed by atoms with van der Waals surface area (Å²) < 4.78 is 4.36. The molecular formula is C15H22N4. The van der Waals surface area contributed by atoms with E-state index in [9.17, 15) is 0 Å². The first-order valence-electron chi connectivity index (χ1n) is 7.10. The van der Waals surface area contributed by atoms with Crippen LogP contribution in [0.2, 0.25) is 0 Å². The first-order valence-corrected chi connectivity index (χ1v) is 7.10. The Hall–Kier alpha value is -1.55. The van der Waals surface area contributed by atoms with Crippen molar-refractivity contribution in [2.45, 2.75) is 38.3 Å². The van der Waals surface area contributed by atoms with Gasteiger partial charge in [-0.2, -0.15) is 0 Å². The molecule has 102 valence electrons. The summed E-state index contributed by atoms with van der Waals surface area (Å²) in [5.41, 5.74) is 2.99. The Balaban J connectivity index is 1.87. The van der Waals surface area contributed by atoms with Crippen LogP contribution in [0.4, 0.5) is 0 Å². The van der Waals surface area contributed by atoms with Crippen molar-refractivity contribution in [3.63, 3.8) is 0 Å². The van der Waals surface area contributed by atoms with E-state index in [0.717, 1.165) is 12.4 Å². The minimum atomic E-state index is 0.514. The number of nitrogens with one attached hydrogen (secondary N) is 1. The van der Waals surface area contributed by atoms with Crippen LogP contribution in [0.1, 0.15) is 42.3 Å². The number of hydrogen-bond acceptors (Lipinski definition) is 2. The van der Waals surface area contributed by atoms with Crippen molar-refractivity contribution in [3.05, 3.63) is 41.7 Å². The fraction of sp³-hybridized carbons (Fsp3) is 0.533. The molecule has 2 aromatic heterocycles. The molecule has 1 unspecified atom stereocenters. The summed E-state index contributed by atoms with van der Waals surface area (Å²) in [4.78, 5) is 4.40. The average molecular weight is 258 g/mol. The maximum absolute atomic E-state index is 4.40. The fourth-order valence-electron chi connectivity index (χ4n) is 3.02. The van der Waals surface area contributed by atoms with Crippen molar-refractivity contribution in [2.75, 3.05) is 7.05 Å². The normalized spacial score (nSPS) is 19.2. The molecule has 4 heteroatoms. The highest BCUT2D eigenvalue weighted by molar-refractivity contribution is 5.29. The Labute approximate surface area is 114 Å². The summed E-state index contributed by atoms with van der Waals surface area (Å²) in [5, 5.41) is 3.45. The van der Waals surface area contributed by atoms with Crippen LogP contribution in [-0.2, 0) is 20.0 Å². The molecule has 0 fully saturated rings. The van der Waals surface area contributed by atoms with Crippen LogP contribution in [0, 0.1) is 0 Å². The molecule has 1 aliphatic rings. The summed E-state index contributed by atoms with van der Waals surface area (Å²) in [5.74, 6) is 1.10. The van der Waals surface area contributed by atoms with Crippen LogP contribution in [0.25, 0.3) is 0 Å². The van der Waals surface area contributed by atoms with Crippen molar-refractivity contribution < 1.29 is 0 Å². The van der Waals surface area contributed by atoms with E-state index in [4.69, 9.17) is 0 Å². The van der Waals surface area contributed by atoms with Gasteiger partial charge in [0.05, 0.1) is 6.54 Å². The summed E-state index contributed by atoms with van der Waals surface area (Å²) in [6.07, 6.45) is 13.5. The van der Waals surface area contributed by atoms with E-state index in [1.165, 1.54) is 36.8 Å². The van der Waals surface area contributed by atoms with E-state index in [1.54, 1.807) is 0 Å². The molecule has 0 amide bonds. The van der Waals surface area contributed by atoms with Gasteiger partial charge in [0.25, 0.3) is 0 Å². The Kier molecular flexibility index (Phi) is 3.42. The van der Waals surface area contributed by atoms with Crippen LogP contribution < -0.4 is 5.32 Å². The number of hydrogen-bond donors (Lipinski definition) is 1. The number of rotatable bonds is 3. The van der Waals surface area contributed by atoms with Crippen molar-refractivity contribution in [1.29, 1.82) is 0 Å². The first kappa shape index (κ1) is 12.5. The van der Waals surface area contributed by atoms with E-state index >= 15 is 0 Å². The molecule has 4 nitrogen and oxygen atoms in total. The Bertz CT molecular complexity index is 552. The second-order valence-electron chi connectivity index (χ2n) is 5.45. The molecule has 0 aliphatic heterocycles. The van der Waals surface area contributed by atoms with E-state index in [0.29, 0.717) is 6.04 Å². The summed E-state index contributed by atoms with van der Waals surface area (Å²) in [6, 6.07) is 0.514. The van der Waals surface area contributed by atoms with Crippen molar-refractivity contribution >= 4 is 0 Å². The Morgan fingerprint density at radius 3 is 3.00 bits per heavy atom. The van der Waals surface area contributed by atoms with Crippen LogP contribution in [-0.4, -0.2) is 21.2 Å². The number of fused-ring (bicyclic) bond motifs is 1. The second kappa shape index (κ2) is 5.21. The topological polar surface area (TPSA) is 34.8 Å². The molecule has 0 aromatic carbocycles. The first-order chi connectivity index (χ1) is 9.28. The van der Waals surface area contributed by atoms with Crippen LogP contribution in [0.5, 0.6) is 0 Å². The lowest BCUT2D eigenvalue weighted by molar-refractivity contribution is 0.530. The lowest BCUT2D eigenvalue weighted by Crippen LogP contribution is -2.15. The van der Waals surface area contributed by atoms with Crippen LogP contribution in [0.3, 0.4) is 0 Å².